The van der Waals surface area contributed by atoms with Gasteiger partial charge in [0.05, 0.1) is 0 Å². The summed E-state index contributed by atoms with van der Waals surface area (Å²) in [6, 6.07) is 8.62. The average molecular weight is 516 g/mol. The van der Waals surface area contributed by atoms with Crippen LogP contribution >= 0.6 is 35.7 Å². The minimum Gasteiger partial charge on any atom is -0.355 e. The summed E-state index contributed by atoms with van der Waals surface area (Å²) in [6.07, 6.45) is 4.88. The van der Waals surface area contributed by atoms with Crippen molar-refractivity contribution in [1.29, 1.82) is 0 Å². The number of para-hydroxylation sites is 1. The van der Waals surface area contributed by atoms with Crippen molar-refractivity contribution in [1.82, 2.24) is 10.2 Å². The molecule has 156 valence electrons. The Morgan fingerprint density at radius 3 is 2.75 bits per heavy atom. The molecule has 0 saturated carbocycles. The number of nitrogens with zero attached hydrogens (tertiary/aromatic N) is 3. The first-order chi connectivity index (χ1) is 12.9. The highest BCUT2D eigenvalue weighted by atomic mass is 127. The first-order valence-electron chi connectivity index (χ1n) is 9.85. The number of anilines is 1. The van der Waals surface area contributed by atoms with Crippen molar-refractivity contribution in [2.24, 2.45) is 4.99 Å². The van der Waals surface area contributed by atoms with Gasteiger partial charge in [-0.2, -0.15) is 11.8 Å². The number of halogens is 1. The fraction of sp³-hybridized carbons (Fsp3) is 0.619. The van der Waals surface area contributed by atoms with Gasteiger partial charge in [0.2, 0.25) is 5.91 Å². The smallest absolute Gasteiger partial charge is 0.222 e. The second-order valence-electron chi connectivity index (χ2n) is 8.00. The molecular weight excluding hydrogens is 483 g/mol. The van der Waals surface area contributed by atoms with Crippen LogP contribution in [0.5, 0.6) is 0 Å². The molecule has 7 heteroatoms. The van der Waals surface area contributed by atoms with Gasteiger partial charge in [-0.25, -0.2) is 0 Å². The van der Waals surface area contributed by atoms with Crippen LogP contribution in [-0.2, 0) is 4.79 Å². The van der Waals surface area contributed by atoms with Gasteiger partial charge in [-0.15, -0.1) is 24.0 Å². The van der Waals surface area contributed by atoms with Gasteiger partial charge in [0.15, 0.2) is 5.96 Å². The number of hydrogen-bond acceptors (Lipinski definition) is 3. The summed E-state index contributed by atoms with van der Waals surface area (Å²) >= 11 is 1.86. The number of likely N-dealkylation sites (tertiary alicyclic amines) is 1. The molecule has 1 aromatic rings. The number of hydrogen-bond donors (Lipinski definition) is 1. The summed E-state index contributed by atoms with van der Waals surface area (Å²) in [4.78, 5) is 20.8. The lowest BCUT2D eigenvalue weighted by molar-refractivity contribution is -0.127. The maximum absolute atomic E-state index is 11.9. The third-order valence-electron chi connectivity index (χ3n) is 5.68. The van der Waals surface area contributed by atoms with E-state index in [9.17, 15) is 4.79 Å². The van der Waals surface area contributed by atoms with E-state index in [-0.39, 0.29) is 28.7 Å². The highest BCUT2D eigenvalue weighted by Gasteiger charge is 2.32. The van der Waals surface area contributed by atoms with Gasteiger partial charge in [0, 0.05) is 56.0 Å². The fourth-order valence-corrected chi connectivity index (χ4v) is 4.07. The van der Waals surface area contributed by atoms with E-state index < -0.39 is 0 Å². The van der Waals surface area contributed by atoms with Gasteiger partial charge in [0.25, 0.3) is 0 Å². The van der Waals surface area contributed by atoms with Crippen LogP contribution in [0.25, 0.3) is 0 Å². The predicted molar refractivity (Wildman–Crippen MR) is 131 cm³/mol. The Hall–Kier alpha value is -0.960. The van der Waals surface area contributed by atoms with Crippen LogP contribution in [0.1, 0.15) is 44.6 Å². The zero-order valence-corrected chi connectivity index (χ0v) is 20.5. The lowest BCUT2D eigenvalue weighted by Gasteiger charge is -2.28. The first-order valence-corrected chi connectivity index (χ1v) is 11.1. The van der Waals surface area contributed by atoms with Crippen LogP contribution < -0.4 is 10.2 Å². The topological polar surface area (TPSA) is 47.9 Å². The normalized spacial score (nSPS) is 19.6. The van der Waals surface area contributed by atoms with Crippen molar-refractivity contribution in [2.45, 2.75) is 43.8 Å². The molecule has 1 unspecified atom stereocenters. The van der Waals surface area contributed by atoms with Gasteiger partial charge in [0.1, 0.15) is 0 Å². The molecule has 2 aliphatic rings. The standard InChI is InChI=1S/C21H32N4OS.HI/c1-21(2,27-4)15-23-20(22-3)25-14-16(17-8-5-6-9-18(17)25)11-13-24-12-7-10-19(24)26;/h5-6,8-9,16H,7,10-15H2,1-4H3,(H,22,23);1H. The van der Waals surface area contributed by atoms with Gasteiger partial charge >= 0.3 is 0 Å². The Balaban J connectivity index is 0.00000280. The predicted octanol–water partition coefficient (Wildman–Crippen LogP) is 3.94. The Morgan fingerprint density at radius 2 is 2.11 bits per heavy atom. The molecule has 1 N–H and O–H groups in total. The Bertz CT molecular complexity index is 709. The Labute approximate surface area is 190 Å². The van der Waals surface area contributed by atoms with Gasteiger partial charge in [-0.1, -0.05) is 18.2 Å². The summed E-state index contributed by atoms with van der Waals surface area (Å²) in [5.41, 5.74) is 2.61. The van der Waals surface area contributed by atoms with Gasteiger partial charge in [-0.05, 0) is 44.6 Å². The highest BCUT2D eigenvalue weighted by Crippen LogP contribution is 2.38. The molecule has 0 aromatic heterocycles. The molecule has 28 heavy (non-hydrogen) atoms. The molecule has 1 fully saturated rings. The number of guanidine groups is 1. The third kappa shape index (κ3) is 5.34. The van der Waals surface area contributed by atoms with E-state index in [0.717, 1.165) is 51.4 Å². The van der Waals surface area contributed by atoms with Crippen LogP contribution in [-0.4, -0.2) is 61.0 Å². The summed E-state index contributed by atoms with van der Waals surface area (Å²) < 4.78 is 0.157. The number of rotatable bonds is 6. The van der Waals surface area contributed by atoms with Crippen molar-refractivity contribution in [3.8, 4) is 0 Å². The minimum atomic E-state index is 0. The molecule has 1 atom stereocenters. The monoisotopic (exact) mass is 516 g/mol. The molecule has 0 aliphatic carbocycles. The van der Waals surface area contributed by atoms with Crippen molar-refractivity contribution in [3.63, 3.8) is 0 Å². The quantitative estimate of drug-likeness (QED) is 0.354. The molecule has 0 bridgehead atoms. The molecule has 0 radical (unpaired) electrons. The SMILES string of the molecule is CN=C(NCC(C)(C)SC)N1CC(CCN2CCCC2=O)c2ccccc21.I. The van der Waals surface area contributed by atoms with Gasteiger partial charge < -0.3 is 15.1 Å². The summed E-state index contributed by atoms with van der Waals surface area (Å²) in [5.74, 6) is 1.68. The summed E-state index contributed by atoms with van der Waals surface area (Å²) in [6.45, 7) is 8.05. The second-order valence-corrected chi connectivity index (χ2v) is 9.52. The van der Waals surface area contributed by atoms with Crippen molar-refractivity contribution in [2.75, 3.05) is 44.4 Å². The molecule has 1 amide bonds. The second kappa shape index (κ2) is 10.2. The number of aliphatic imine (C=N–C) groups is 1. The average Bonchev–Trinajstić information content (AvgIpc) is 3.24. The van der Waals surface area contributed by atoms with Crippen LogP contribution in [0.15, 0.2) is 29.3 Å². The Kier molecular flexibility index (Phi) is 8.48. The number of thioether (sulfide) groups is 1. The van der Waals surface area contributed by atoms with Crippen molar-refractivity contribution >= 4 is 53.3 Å². The van der Waals surface area contributed by atoms with E-state index in [1.165, 1.54) is 11.3 Å². The van der Waals surface area contributed by atoms with Crippen LogP contribution in [0, 0.1) is 0 Å². The molecule has 1 saturated heterocycles. The molecular formula is C21H33IN4OS. The zero-order chi connectivity index (χ0) is 19.4. The lowest BCUT2D eigenvalue weighted by atomic mass is 9.98. The van der Waals surface area contributed by atoms with E-state index in [1.807, 2.05) is 23.7 Å². The lowest BCUT2D eigenvalue weighted by Crippen LogP contribution is -2.45. The van der Waals surface area contributed by atoms with E-state index in [1.54, 1.807) is 0 Å². The number of amides is 1. The maximum Gasteiger partial charge on any atom is 0.222 e. The van der Waals surface area contributed by atoms with Crippen LogP contribution in [0.4, 0.5) is 5.69 Å². The number of carbonyl (C=O) groups is 1. The molecule has 5 nitrogen and oxygen atoms in total. The van der Waals surface area contributed by atoms with E-state index in [2.05, 4.69) is 59.6 Å². The van der Waals surface area contributed by atoms with Crippen molar-refractivity contribution < 1.29 is 4.79 Å². The molecule has 2 aliphatic heterocycles. The highest BCUT2D eigenvalue weighted by molar-refractivity contribution is 14.0. The number of fused-ring (bicyclic) bond motifs is 1. The van der Waals surface area contributed by atoms with E-state index in [0.29, 0.717) is 11.8 Å². The third-order valence-corrected chi connectivity index (χ3v) is 6.93. The molecule has 1 aromatic carbocycles. The summed E-state index contributed by atoms with van der Waals surface area (Å²) in [5, 5.41) is 3.56. The van der Waals surface area contributed by atoms with E-state index in [4.69, 9.17) is 0 Å². The first kappa shape index (κ1) is 23.3. The largest absolute Gasteiger partial charge is 0.355 e. The maximum atomic E-state index is 11.9. The van der Waals surface area contributed by atoms with E-state index >= 15 is 0 Å². The fourth-order valence-electron chi connectivity index (χ4n) is 3.85. The molecule has 2 heterocycles. The molecule has 3 rings (SSSR count). The number of nitrogens with one attached hydrogen (secondary N) is 1. The zero-order valence-electron chi connectivity index (χ0n) is 17.4. The minimum absolute atomic E-state index is 0. The van der Waals surface area contributed by atoms with Crippen molar-refractivity contribution in [3.05, 3.63) is 29.8 Å². The number of carbonyl (C=O) groups excluding carboxylic acids is 1. The van der Waals surface area contributed by atoms with Crippen LogP contribution in [0.3, 0.4) is 0 Å². The summed E-state index contributed by atoms with van der Waals surface area (Å²) in [7, 11) is 1.85. The van der Waals surface area contributed by atoms with Crippen LogP contribution in [0.2, 0.25) is 0 Å². The molecule has 0 spiro atoms. The Morgan fingerprint density at radius 1 is 1.36 bits per heavy atom. The number of benzene rings is 1. The van der Waals surface area contributed by atoms with Gasteiger partial charge in [-0.3, -0.25) is 9.79 Å².